The summed E-state index contributed by atoms with van der Waals surface area (Å²) in [6, 6.07) is 24.4. The van der Waals surface area contributed by atoms with Crippen molar-refractivity contribution < 1.29 is 18.7 Å². The number of pyridine rings is 1. The van der Waals surface area contributed by atoms with E-state index in [0.29, 0.717) is 25.5 Å². The fourth-order valence-corrected chi connectivity index (χ4v) is 5.05. The molecular weight excluding hydrogens is 495 g/mol. The third-order valence-corrected chi connectivity index (χ3v) is 7.15. The molecule has 6 rings (SSSR count). The maximum atomic E-state index is 13.7. The van der Waals surface area contributed by atoms with E-state index in [1.54, 1.807) is 18.2 Å². The lowest BCUT2D eigenvalue weighted by atomic mass is 10.1. The Hall–Kier alpha value is -4.72. The van der Waals surface area contributed by atoms with Crippen molar-refractivity contribution >= 4 is 22.8 Å². The summed E-state index contributed by atoms with van der Waals surface area (Å²) in [6.45, 7) is 3.05. The predicted octanol–water partition coefficient (Wildman–Crippen LogP) is 6.40. The number of hydrogen-bond acceptors (Lipinski definition) is 5. The summed E-state index contributed by atoms with van der Waals surface area (Å²) < 4.78 is 26.2. The number of aromatic nitrogens is 3. The van der Waals surface area contributed by atoms with Crippen LogP contribution in [0.25, 0.3) is 22.2 Å². The van der Waals surface area contributed by atoms with Crippen molar-refractivity contribution in [1.82, 2.24) is 14.5 Å². The first kappa shape index (κ1) is 24.6. The SMILES string of the molecule is COc1ccc(-c2ccc3nc(Cc4ccc(N5CCOC5=O)cc4)n([C@@H](C)c4ccc(F)cc4)c3c2)cn1. The number of fused-ring (bicyclic) bond motifs is 1. The third kappa shape index (κ3) is 4.81. The van der Waals surface area contributed by atoms with Crippen molar-refractivity contribution in [2.45, 2.75) is 19.4 Å². The second-order valence-electron chi connectivity index (χ2n) is 9.53. The fourth-order valence-electron chi connectivity index (χ4n) is 5.05. The van der Waals surface area contributed by atoms with Gasteiger partial charge >= 0.3 is 6.09 Å². The second-order valence-corrected chi connectivity index (χ2v) is 9.53. The van der Waals surface area contributed by atoms with Crippen molar-refractivity contribution in [2.24, 2.45) is 0 Å². The highest BCUT2D eigenvalue weighted by Crippen LogP contribution is 2.31. The zero-order valence-electron chi connectivity index (χ0n) is 21.7. The summed E-state index contributed by atoms with van der Waals surface area (Å²) in [5, 5.41) is 0. The number of ether oxygens (including phenoxy) is 2. The van der Waals surface area contributed by atoms with Crippen LogP contribution < -0.4 is 9.64 Å². The molecule has 0 saturated carbocycles. The van der Waals surface area contributed by atoms with E-state index in [4.69, 9.17) is 14.5 Å². The molecule has 1 atom stereocenters. The minimum absolute atomic E-state index is 0.0894. The Labute approximate surface area is 225 Å². The van der Waals surface area contributed by atoms with Crippen molar-refractivity contribution in [3.63, 3.8) is 0 Å². The minimum Gasteiger partial charge on any atom is -0.481 e. The summed E-state index contributed by atoms with van der Waals surface area (Å²) in [5.74, 6) is 1.18. The Morgan fingerprint density at radius 3 is 2.44 bits per heavy atom. The van der Waals surface area contributed by atoms with Crippen LogP contribution in [0.5, 0.6) is 5.88 Å². The summed E-state index contributed by atoms with van der Waals surface area (Å²) in [4.78, 5) is 22.9. The van der Waals surface area contributed by atoms with Gasteiger partial charge in [0.1, 0.15) is 18.2 Å². The Morgan fingerprint density at radius 1 is 1.00 bits per heavy atom. The van der Waals surface area contributed by atoms with Gasteiger partial charge in [-0.15, -0.1) is 0 Å². The Bertz CT molecular complexity index is 1630. The van der Waals surface area contributed by atoms with Gasteiger partial charge in [-0.3, -0.25) is 4.90 Å². The van der Waals surface area contributed by atoms with Gasteiger partial charge in [0.25, 0.3) is 0 Å². The second kappa shape index (κ2) is 10.2. The molecule has 3 aromatic carbocycles. The number of hydrogen-bond donors (Lipinski definition) is 0. The van der Waals surface area contributed by atoms with Gasteiger partial charge in [0, 0.05) is 29.9 Å². The topological polar surface area (TPSA) is 69.5 Å². The van der Waals surface area contributed by atoms with Gasteiger partial charge in [-0.1, -0.05) is 30.3 Å². The molecule has 1 saturated heterocycles. The average molecular weight is 523 g/mol. The van der Waals surface area contributed by atoms with E-state index in [1.807, 2.05) is 60.7 Å². The van der Waals surface area contributed by atoms with E-state index in [9.17, 15) is 9.18 Å². The average Bonchev–Trinajstić information content (AvgIpc) is 3.56. The van der Waals surface area contributed by atoms with Crippen molar-refractivity contribution in [2.75, 3.05) is 25.2 Å². The number of amides is 1. The number of nitrogens with zero attached hydrogens (tertiary/aromatic N) is 4. The lowest BCUT2D eigenvalue weighted by Gasteiger charge is -2.19. The predicted molar refractivity (Wildman–Crippen MR) is 148 cm³/mol. The highest BCUT2D eigenvalue weighted by molar-refractivity contribution is 5.89. The summed E-state index contributed by atoms with van der Waals surface area (Å²) in [7, 11) is 1.60. The van der Waals surface area contributed by atoms with E-state index in [-0.39, 0.29) is 18.0 Å². The number of anilines is 1. The van der Waals surface area contributed by atoms with Crippen LogP contribution in [0.4, 0.5) is 14.9 Å². The molecule has 0 spiro atoms. The highest BCUT2D eigenvalue weighted by Gasteiger charge is 2.24. The van der Waals surface area contributed by atoms with Gasteiger partial charge < -0.3 is 14.0 Å². The Balaban J connectivity index is 1.40. The van der Waals surface area contributed by atoms with Gasteiger partial charge in [-0.05, 0) is 66.1 Å². The number of benzene rings is 3. The normalized spacial score (nSPS) is 14.0. The molecule has 1 aliphatic rings. The van der Waals surface area contributed by atoms with Crippen molar-refractivity contribution in [3.8, 4) is 17.0 Å². The van der Waals surface area contributed by atoms with Crippen LogP contribution in [0, 0.1) is 5.82 Å². The first-order valence-electron chi connectivity index (χ1n) is 12.8. The maximum Gasteiger partial charge on any atom is 0.414 e. The quantitative estimate of drug-likeness (QED) is 0.247. The number of halogens is 1. The van der Waals surface area contributed by atoms with Gasteiger partial charge in [0.05, 0.1) is 30.7 Å². The molecule has 5 aromatic rings. The molecule has 0 unspecified atom stereocenters. The van der Waals surface area contributed by atoms with Crippen LogP contribution in [0.2, 0.25) is 0 Å². The first-order chi connectivity index (χ1) is 19.0. The number of carbonyl (C=O) groups excluding carboxylic acids is 1. The molecule has 1 amide bonds. The lowest BCUT2D eigenvalue weighted by Crippen LogP contribution is -2.23. The zero-order valence-corrected chi connectivity index (χ0v) is 21.7. The van der Waals surface area contributed by atoms with Crippen LogP contribution in [0.15, 0.2) is 85.1 Å². The van der Waals surface area contributed by atoms with E-state index in [1.165, 1.54) is 12.1 Å². The van der Waals surface area contributed by atoms with Gasteiger partial charge in [0.15, 0.2) is 0 Å². The van der Waals surface area contributed by atoms with Crippen molar-refractivity contribution in [3.05, 3.63) is 108 Å². The molecule has 196 valence electrons. The van der Waals surface area contributed by atoms with E-state index >= 15 is 0 Å². The summed E-state index contributed by atoms with van der Waals surface area (Å²) >= 11 is 0. The molecule has 0 N–H and O–H groups in total. The number of methoxy groups -OCH3 is 1. The molecule has 7 nitrogen and oxygen atoms in total. The van der Waals surface area contributed by atoms with Gasteiger partial charge in [-0.25, -0.2) is 19.2 Å². The van der Waals surface area contributed by atoms with Crippen LogP contribution >= 0.6 is 0 Å². The number of cyclic esters (lactones) is 1. The molecule has 0 bridgehead atoms. The first-order valence-corrected chi connectivity index (χ1v) is 12.8. The number of carbonyl (C=O) groups is 1. The molecular formula is C31H27FN4O3. The van der Waals surface area contributed by atoms with Crippen LogP contribution in [-0.4, -0.2) is 40.9 Å². The van der Waals surface area contributed by atoms with Crippen LogP contribution in [0.3, 0.4) is 0 Å². The zero-order chi connectivity index (χ0) is 26.9. The molecule has 39 heavy (non-hydrogen) atoms. The third-order valence-electron chi connectivity index (χ3n) is 7.15. The molecule has 0 aliphatic carbocycles. The number of imidazole rings is 1. The fraction of sp³-hybridized carbons (Fsp3) is 0.194. The van der Waals surface area contributed by atoms with Gasteiger partial charge in [-0.2, -0.15) is 0 Å². The van der Waals surface area contributed by atoms with Crippen molar-refractivity contribution in [1.29, 1.82) is 0 Å². The highest BCUT2D eigenvalue weighted by atomic mass is 19.1. The monoisotopic (exact) mass is 522 g/mol. The largest absolute Gasteiger partial charge is 0.481 e. The standard InChI is InChI=1S/C31H27FN4O3/c1-20(22-5-9-25(32)10-6-22)36-28-18-23(24-8-14-30(38-2)33-19-24)7-13-27(28)34-29(36)17-21-3-11-26(12-4-21)35-15-16-39-31(35)37/h3-14,18-20H,15-17H2,1-2H3/t20-/m0/s1. The smallest absolute Gasteiger partial charge is 0.414 e. The summed E-state index contributed by atoms with van der Waals surface area (Å²) in [5.41, 5.74) is 6.69. The summed E-state index contributed by atoms with van der Waals surface area (Å²) in [6.07, 6.45) is 2.06. The minimum atomic E-state index is -0.319. The molecule has 1 aliphatic heterocycles. The van der Waals surface area contributed by atoms with Gasteiger partial charge in [0.2, 0.25) is 5.88 Å². The van der Waals surface area contributed by atoms with Crippen LogP contribution in [0.1, 0.15) is 29.9 Å². The molecule has 3 heterocycles. The van der Waals surface area contributed by atoms with E-state index < -0.39 is 0 Å². The molecule has 2 aromatic heterocycles. The molecule has 8 heteroatoms. The number of rotatable bonds is 7. The Morgan fingerprint density at radius 2 is 1.77 bits per heavy atom. The lowest BCUT2D eigenvalue weighted by molar-refractivity contribution is 0.181. The van der Waals surface area contributed by atoms with Crippen LogP contribution in [-0.2, 0) is 11.2 Å². The molecule has 0 radical (unpaired) electrons. The van der Waals surface area contributed by atoms with E-state index in [2.05, 4.69) is 22.5 Å². The maximum absolute atomic E-state index is 13.7. The van der Waals surface area contributed by atoms with E-state index in [0.717, 1.165) is 44.8 Å². The molecule has 1 fully saturated rings. The Kier molecular flexibility index (Phi) is 6.44.